The fourth-order valence-corrected chi connectivity index (χ4v) is 2.09. The second kappa shape index (κ2) is 6.05. The van der Waals surface area contributed by atoms with Crippen LogP contribution in [0.2, 0.25) is 0 Å². The summed E-state index contributed by atoms with van der Waals surface area (Å²) >= 11 is 0. The molecule has 1 nitrogen and oxygen atoms in total. The van der Waals surface area contributed by atoms with E-state index < -0.39 is 0 Å². The highest BCUT2D eigenvalue weighted by Gasteiger charge is 2.02. The standard InChI is InChI=1S/C17H17N/c1-3-4-7-13-18(2)14-16-11-8-10-15-9-5-6-12-17(15)16/h1,4-12H,13-14H2,2H3/b7-4+. The van der Waals surface area contributed by atoms with Gasteiger partial charge in [0, 0.05) is 13.1 Å². The highest BCUT2D eigenvalue weighted by molar-refractivity contribution is 5.85. The van der Waals surface area contributed by atoms with Crippen molar-refractivity contribution in [1.29, 1.82) is 0 Å². The Balaban J connectivity index is 2.17. The van der Waals surface area contributed by atoms with Gasteiger partial charge in [-0.1, -0.05) is 54.5 Å². The van der Waals surface area contributed by atoms with Gasteiger partial charge in [0.05, 0.1) is 0 Å². The van der Waals surface area contributed by atoms with Crippen molar-refractivity contribution >= 4 is 10.8 Å². The molecule has 0 aliphatic carbocycles. The molecule has 0 atom stereocenters. The van der Waals surface area contributed by atoms with E-state index in [0.29, 0.717) is 0 Å². The van der Waals surface area contributed by atoms with Gasteiger partial charge < -0.3 is 0 Å². The van der Waals surface area contributed by atoms with Gasteiger partial charge in [-0.2, -0.15) is 0 Å². The average molecular weight is 235 g/mol. The monoisotopic (exact) mass is 235 g/mol. The van der Waals surface area contributed by atoms with Crippen LogP contribution in [0.1, 0.15) is 5.56 Å². The van der Waals surface area contributed by atoms with Crippen LogP contribution < -0.4 is 0 Å². The Morgan fingerprint density at radius 2 is 1.94 bits per heavy atom. The van der Waals surface area contributed by atoms with Crippen LogP contribution in [-0.4, -0.2) is 18.5 Å². The molecule has 0 spiro atoms. The molecule has 0 fully saturated rings. The molecule has 0 aliphatic rings. The van der Waals surface area contributed by atoms with Gasteiger partial charge in [0.25, 0.3) is 0 Å². The number of hydrogen-bond donors (Lipinski definition) is 0. The zero-order valence-electron chi connectivity index (χ0n) is 10.6. The normalized spacial score (nSPS) is 11.2. The zero-order valence-corrected chi connectivity index (χ0v) is 10.6. The summed E-state index contributed by atoms with van der Waals surface area (Å²) in [6.07, 6.45) is 8.94. The first-order valence-corrected chi connectivity index (χ1v) is 6.07. The second-order valence-electron chi connectivity index (χ2n) is 4.40. The first kappa shape index (κ1) is 12.4. The summed E-state index contributed by atoms with van der Waals surface area (Å²) in [6.45, 7) is 1.80. The van der Waals surface area contributed by atoms with Gasteiger partial charge in [-0.05, 0) is 29.5 Å². The minimum atomic E-state index is 0.868. The zero-order chi connectivity index (χ0) is 12.8. The summed E-state index contributed by atoms with van der Waals surface area (Å²) in [7, 11) is 2.10. The minimum Gasteiger partial charge on any atom is -0.298 e. The molecule has 0 bridgehead atoms. The van der Waals surface area contributed by atoms with Crippen molar-refractivity contribution in [2.24, 2.45) is 0 Å². The Morgan fingerprint density at radius 3 is 2.78 bits per heavy atom. The smallest absolute Gasteiger partial charge is 0.0240 e. The minimum absolute atomic E-state index is 0.868. The maximum Gasteiger partial charge on any atom is 0.0240 e. The molecule has 0 aromatic heterocycles. The third-order valence-corrected chi connectivity index (χ3v) is 2.95. The maximum atomic E-state index is 5.19. The summed E-state index contributed by atoms with van der Waals surface area (Å²) in [4.78, 5) is 2.25. The molecule has 2 rings (SSSR count). The van der Waals surface area contributed by atoms with Crippen molar-refractivity contribution in [3.8, 4) is 12.3 Å². The van der Waals surface area contributed by atoms with Crippen molar-refractivity contribution in [3.63, 3.8) is 0 Å². The Labute approximate surface area is 109 Å². The SMILES string of the molecule is C#C/C=C/CN(C)Cc1cccc2ccccc12. The predicted octanol–water partition coefficient (Wildman–Crippen LogP) is 3.46. The van der Waals surface area contributed by atoms with E-state index in [1.54, 1.807) is 6.08 Å². The first-order chi connectivity index (χ1) is 8.81. The molecule has 0 unspecified atom stereocenters. The summed E-state index contributed by atoms with van der Waals surface area (Å²) in [5, 5.41) is 2.62. The molecule has 0 saturated carbocycles. The van der Waals surface area contributed by atoms with Gasteiger partial charge in [0.15, 0.2) is 0 Å². The fraction of sp³-hybridized carbons (Fsp3) is 0.176. The fourth-order valence-electron chi connectivity index (χ4n) is 2.09. The quantitative estimate of drug-likeness (QED) is 0.734. The van der Waals surface area contributed by atoms with Crippen LogP contribution in [0, 0.1) is 12.3 Å². The van der Waals surface area contributed by atoms with E-state index in [1.165, 1.54) is 16.3 Å². The molecule has 18 heavy (non-hydrogen) atoms. The average Bonchev–Trinajstić information content (AvgIpc) is 2.39. The number of terminal acetylenes is 1. The van der Waals surface area contributed by atoms with E-state index in [2.05, 4.69) is 60.3 Å². The molecular formula is C17H17N. The van der Waals surface area contributed by atoms with Crippen molar-refractivity contribution in [2.45, 2.75) is 6.54 Å². The van der Waals surface area contributed by atoms with Crippen LogP contribution in [0.25, 0.3) is 10.8 Å². The van der Waals surface area contributed by atoms with E-state index in [1.807, 2.05) is 6.08 Å². The Kier molecular flexibility index (Phi) is 4.17. The molecule has 1 heteroatoms. The summed E-state index contributed by atoms with van der Waals surface area (Å²) < 4.78 is 0. The summed E-state index contributed by atoms with van der Waals surface area (Å²) in [5.74, 6) is 2.51. The number of likely N-dealkylation sites (N-methyl/N-ethyl adjacent to an activating group) is 1. The van der Waals surface area contributed by atoms with Crippen molar-refractivity contribution < 1.29 is 0 Å². The van der Waals surface area contributed by atoms with E-state index in [-0.39, 0.29) is 0 Å². The molecular weight excluding hydrogens is 218 g/mol. The third kappa shape index (κ3) is 3.00. The highest BCUT2D eigenvalue weighted by Crippen LogP contribution is 2.19. The molecule has 2 aromatic carbocycles. The topological polar surface area (TPSA) is 3.24 Å². The van der Waals surface area contributed by atoms with Gasteiger partial charge >= 0.3 is 0 Å². The highest BCUT2D eigenvalue weighted by atomic mass is 15.1. The van der Waals surface area contributed by atoms with Gasteiger partial charge in [-0.3, -0.25) is 4.90 Å². The third-order valence-electron chi connectivity index (χ3n) is 2.95. The van der Waals surface area contributed by atoms with E-state index in [4.69, 9.17) is 6.42 Å². The second-order valence-corrected chi connectivity index (χ2v) is 4.40. The molecule has 0 heterocycles. The van der Waals surface area contributed by atoms with Crippen LogP contribution in [0.5, 0.6) is 0 Å². The Bertz CT molecular complexity index is 585. The maximum absolute atomic E-state index is 5.19. The van der Waals surface area contributed by atoms with Crippen LogP contribution in [-0.2, 0) is 6.54 Å². The molecule has 0 radical (unpaired) electrons. The van der Waals surface area contributed by atoms with Gasteiger partial charge in [0.2, 0.25) is 0 Å². The largest absolute Gasteiger partial charge is 0.298 e. The Hall–Kier alpha value is -2.04. The van der Waals surface area contributed by atoms with Crippen molar-refractivity contribution in [1.82, 2.24) is 4.90 Å². The van der Waals surface area contributed by atoms with Gasteiger partial charge in [0.1, 0.15) is 0 Å². The van der Waals surface area contributed by atoms with Crippen molar-refractivity contribution in [3.05, 3.63) is 60.2 Å². The lowest BCUT2D eigenvalue weighted by Crippen LogP contribution is -2.17. The first-order valence-electron chi connectivity index (χ1n) is 6.07. The van der Waals surface area contributed by atoms with Crippen LogP contribution >= 0.6 is 0 Å². The van der Waals surface area contributed by atoms with Crippen LogP contribution in [0.4, 0.5) is 0 Å². The molecule has 2 aromatic rings. The Morgan fingerprint density at radius 1 is 1.17 bits per heavy atom. The lowest BCUT2D eigenvalue weighted by molar-refractivity contribution is 0.365. The van der Waals surface area contributed by atoms with Crippen molar-refractivity contribution in [2.75, 3.05) is 13.6 Å². The lowest BCUT2D eigenvalue weighted by Gasteiger charge is -2.15. The number of rotatable bonds is 4. The van der Waals surface area contributed by atoms with E-state index in [9.17, 15) is 0 Å². The molecule has 0 N–H and O–H groups in total. The molecule has 0 saturated heterocycles. The number of benzene rings is 2. The van der Waals surface area contributed by atoms with Crippen LogP contribution in [0.15, 0.2) is 54.6 Å². The van der Waals surface area contributed by atoms with Crippen LogP contribution in [0.3, 0.4) is 0 Å². The summed E-state index contributed by atoms with van der Waals surface area (Å²) in [6, 6.07) is 14.9. The number of hydrogen-bond acceptors (Lipinski definition) is 1. The number of nitrogens with zero attached hydrogens (tertiary/aromatic N) is 1. The number of allylic oxidation sites excluding steroid dienone is 1. The molecule has 0 amide bonds. The molecule has 90 valence electrons. The predicted molar refractivity (Wildman–Crippen MR) is 78.3 cm³/mol. The van der Waals surface area contributed by atoms with Gasteiger partial charge in [-0.25, -0.2) is 0 Å². The molecule has 0 aliphatic heterocycles. The summed E-state index contributed by atoms with van der Waals surface area (Å²) in [5.41, 5.74) is 1.35. The number of fused-ring (bicyclic) bond motifs is 1. The van der Waals surface area contributed by atoms with Gasteiger partial charge in [-0.15, -0.1) is 6.42 Å². The lowest BCUT2D eigenvalue weighted by atomic mass is 10.0. The van der Waals surface area contributed by atoms with E-state index in [0.717, 1.165) is 13.1 Å². The van der Waals surface area contributed by atoms with E-state index >= 15 is 0 Å².